The number of amides is 2. The molecule has 0 heterocycles. The molecule has 0 aliphatic rings. The topological polar surface area (TPSA) is 131 Å². The van der Waals surface area contributed by atoms with Crippen molar-refractivity contribution < 1.29 is 33.8 Å². The lowest BCUT2D eigenvalue weighted by Gasteiger charge is -2.23. The lowest BCUT2D eigenvalue weighted by Crippen LogP contribution is -2.41. The lowest BCUT2D eigenvalue weighted by molar-refractivity contribution is -0.157. The van der Waals surface area contributed by atoms with E-state index in [0.717, 1.165) is 5.56 Å². The standard InChI is InChI=1S/C30H40N2O7/c1-20(2)17-23(18-26(33)39-30(3,4)5)27(34)31-24-14-11-22(12-15-24)19-38-29(37)32-25(28(35)36)16-13-21-9-7-6-8-10-21/h6-12,14-15,20,23,25H,13,16-19H2,1-5H3,(H,31,34)(H,32,37)(H,35,36)/t23-,25+/m1/s1. The van der Waals surface area contributed by atoms with Gasteiger partial charge in [-0.15, -0.1) is 0 Å². The number of rotatable bonds is 13. The number of hydrogen-bond donors (Lipinski definition) is 3. The van der Waals surface area contributed by atoms with Gasteiger partial charge in [0.25, 0.3) is 0 Å². The van der Waals surface area contributed by atoms with Gasteiger partial charge in [-0.3, -0.25) is 9.59 Å². The number of alkyl carbamates (subject to hydrolysis) is 1. The van der Waals surface area contributed by atoms with E-state index in [1.54, 1.807) is 45.0 Å². The van der Waals surface area contributed by atoms with Crippen LogP contribution in [0.2, 0.25) is 0 Å². The third-order valence-electron chi connectivity index (χ3n) is 5.71. The molecule has 9 heteroatoms. The highest BCUT2D eigenvalue weighted by Crippen LogP contribution is 2.21. The molecule has 2 aromatic carbocycles. The Morgan fingerprint density at radius 2 is 1.56 bits per heavy atom. The minimum absolute atomic E-state index is 0.00892. The van der Waals surface area contributed by atoms with E-state index in [-0.39, 0.29) is 31.3 Å². The number of benzene rings is 2. The highest BCUT2D eigenvalue weighted by molar-refractivity contribution is 5.94. The summed E-state index contributed by atoms with van der Waals surface area (Å²) in [4.78, 5) is 49.0. The Morgan fingerprint density at radius 1 is 0.923 bits per heavy atom. The molecule has 39 heavy (non-hydrogen) atoms. The minimum Gasteiger partial charge on any atom is -0.480 e. The number of esters is 1. The van der Waals surface area contributed by atoms with E-state index in [0.29, 0.717) is 24.1 Å². The Labute approximate surface area is 230 Å². The van der Waals surface area contributed by atoms with Crippen molar-refractivity contribution in [3.05, 3.63) is 65.7 Å². The van der Waals surface area contributed by atoms with Crippen LogP contribution in [0, 0.1) is 11.8 Å². The van der Waals surface area contributed by atoms with Crippen molar-refractivity contribution in [2.75, 3.05) is 5.32 Å². The SMILES string of the molecule is CC(C)C[C@H](CC(=O)OC(C)(C)C)C(=O)Nc1ccc(COC(=O)N[C@@H](CCc2ccccc2)C(=O)O)cc1. The maximum atomic E-state index is 12.9. The van der Waals surface area contributed by atoms with E-state index in [9.17, 15) is 24.3 Å². The van der Waals surface area contributed by atoms with Crippen molar-refractivity contribution in [3.8, 4) is 0 Å². The van der Waals surface area contributed by atoms with Gasteiger partial charge in [0.15, 0.2) is 0 Å². The van der Waals surface area contributed by atoms with Crippen molar-refractivity contribution in [3.63, 3.8) is 0 Å². The summed E-state index contributed by atoms with van der Waals surface area (Å²) in [6, 6.07) is 15.1. The van der Waals surface area contributed by atoms with Gasteiger partial charge in [0.05, 0.1) is 6.42 Å². The molecule has 0 unspecified atom stereocenters. The normalized spacial score (nSPS) is 12.8. The molecule has 0 fully saturated rings. The van der Waals surface area contributed by atoms with Gasteiger partial charge in [-0.25, -0.2) is 9.59 Å². The van der Waals surface area contributed by atoms with Crippen LogP contribution in [0.1, 0.15) is 65.0 Å². The first-order chi connectivity index (χ1) is 18.3. The van der Waals surface area contributed by atoms with Gasteiger partial charge in [0.2, 0.25) is 5.91 Å². The molecule has 3 N–H and O–H groups in total. The van der Waals surface area contributed by atoms with E-state index in [1.807, 2.05) is 44.2 Å². The average molecular weight is 541 g/mol. The first kappa shape index (κ1) is 31.3. The Balaban J connectivity index is 1.87. The number of nitrogens with one attached hydrogen (secondary N) is 2. The molecule has 2 aromatic rings. The Kier molecular flexibility index (Phi) is 12.0. The van der Waals surface area contributed by atoms with Crippen LogP contribution in [0.25, 0.3) is 0 Å². The molecule has 0 aliphatic heterocycles. The monoisotopic (exact) mass is 540 g/mol. The van der Waals surface area contributed by atoms with E-state index >= 15 is 0 Å². The number of carboxylic acid groups (broad SMARTS) is 1. The summed E-state index contributed by atoms with van der Waals surface area (Å²) in [6.07, 6.45) is 0.432. The summed E-state index contributed by atoms with van der Waals surface area (Å²) < 4.78 is 10.6. The van der Waals surface area contributed by atoms with Crippen LogP contribution in [0.3, 0.4) is 0 Å². The van der Waals surface area contributed by atoms with Gasteiger partial charge in [0.1, 0.15) is 18.2 Å². The number of aryl methyl sites for hydroxylation is 1. The van der Waals surface area contributed by atoms with E-state index in [1.165, 1.54) is 0 Å². The van der Waals surface area contributed by atoms with Crippen LogP contribution < -0.4 is 10.6 Å². The smallest absolute Gasteiger partial charge is 0.408 e. The van der Waals surface area contributed by atoms with Gasteiger partial charge >= 0.3 is 18.0 Å². The van der Waals surface area contributed by atoms with Crippen LogP contribution in [-0.2, 0) is 36.9 Å². The van der Waals surface area contributed by atoms with Crippen molar-refractivity contribution in [1.29, 1.82) is 0 Å². The van der Waals surface area contributed by atoms with Crippen LogP contribution in [0.5, 0.6) is 0 Å². The van der Waals surface area contributed by atoms with Crippen molar-refractivity contribution in [1.82, 2.24) is 5.32 Å². The largest absolute Gasteiger partial charge is 0.480 e. The summed E-state index contributed by atoms with van der Waals surface area (Å²) >= 11 is 0. The number of aliphatic carboxylic acids is 1. The summed E-state index contributed by atoms with van der Waals surface area (Å²) in [5, 5.41) is 14.7. The molecule has 0 saturated carbocycles. The first-order valence-electron chi connectivity index (χ1n) is 13.1. The molecule has 0 aliphatic carbocycles. The second kappa shape index (κ2) is 14.9. The number of carbonyl (C=O) groups excluding carboxylic acids is 3. The van der Waals surface area contributed by atoms with Crippen LogP contribution in [0.15, 0.2) is 54.6 Å². The number of anilines is 1. The molecule has 9 nitrogen and oxygen atoms in total. The Bertz CT molecular complexity index is 1090. The first-order valence-corrected chi connectivity index (χ1v) is 13.1. The minimum atomic E-state index is -1.13. The lowest BCUT2D eigenvalue weighted by atomic mass is 9.93. The number of ether oxygens (including phenoxy) is 2. The maximum Gasteiger partial charge on any atom is 0.408 e. The van der Waals surface area contributed by atoms with Gasteiger partial charge in [-0.2, -0.15) is 0 Å². The highest BCUT2D eigenvalue weighted by Gasteiger charge is 2.26. The van der Waals surface area contributed by atoms with Gasteiger partial charge in [-0.1, -0.05) is 56.3 Å². The van der Waals surface area contributed by atoms with E-state index in [2.05, 4.69) is 10.6 Å². The third kappa shape index (κ3) is 12.5. The second-order valence-corrected chi connectivity index (χ2v) is 10.9. The maximum absolute atomic E-state index is 12.9. The molecule has 2 rings (SSSR count). The van der Waals surface area contributed by atoms with Crippen molar-refractivity contribution in [2.24, 2.45) is 11.8 Å². The molecule has 2 amide bonds. The summed E-state index contributed by atoms with van der Waals surface area (Å²) in [6.45, 7) is 9.26. The molecular formula is C30H40N2O7. The zero-order valence-electron chi connectivity index (χ0n) is 23.4. The average Bonchev–Trinajstić information content (AvgIpc) is 2.84. The van der Waals surface area contributed by atoms with Gasteiger partial charge in [0, 0.05) is 11.6 Å². The summed E-state index contributed by atoms with van der Waals surface area (Å²) in [5.74, 6) is -2.14. The molecule has 0 saturated heterocycles. The predicted octanol–water partition coefficient (Wildman–Crippen LogP) is 5.33. The molecule has 2 atom stereocenters. The van der Waals surface area contributed by atoms with E-state index in [4.69, 9.17) is 9.47 Å². The fourth-order valence-electron chi connectivity index (χ4n) is 3.91. The number of carbonyl (C=O) groups is 4. The predicted molar refractivity (Wildman–Crippen MR) is 148 cm³/mol. The van der Waals surface area contributed by atoms with Gasteiger partial charge < -0.3 is 25.2 Å². The Morgan fingerprint density at radius 3 is 2.13 bits per heavy atom. The summed E-state index contributed by atoms with van der Waals surface area (Å²) in [5.41, 5.74) is 1.55. The third-order valence-corrected chi connectivity index (χ3v) is 5.71. The fraction of sp³-hybridized carbons (Fsp3) is 0.467. The quantitative estimate of drug-likeness (QED) is 0.293. The van der Waals surface area contributed by atoms with Crippen molar-refractivity contribution in [2.45, 2.75) is 78.6 Å². The zero-order chi connectivity index (χ0) is 29.0. The Hall–Kier alpha value is -3.88. The zero-order valence-corrected chi connectivity index (χ0v) is 23.4. The number of carboxylic acids is 1. The molecule has 0 aromatic heterocycles. The van der Waals surface area contributed by atoms with Crippen molar-refractivity contribution >= 4 is 29.6 Å². The second-order valence-electron chi connectivity index (χ2n) is 10.9. The van der Waals surface area contributed by atoms with Crippen LogP contribution in [-0.4, -0.2) is 40.7 Å². The van der Waals surface area contributed by atoms with Crippen LogP contribution in [0.4, 0.5) is 10.5 Å². The van der Waals surface area contributed by atoms with Crippen LogP contribution >= 0.6 is 0 Å². The molecule has 0 bridgehead atoms. The molecule has 0 spiro atoms. The highest BCUT2D eigenvalue weighted by atomic mass is 16.6. The molecule has 0 radical (unpaired) electrons. The number of hydrogen-bond acceptors (Lipinski definition) is 6. The molecular weight excluding hydrogens is 500 g/mol. The van der Waals surface area contributed by atoms with Gasteiger partial charge in [-0.05, 0) is 69.2 Å². The fourth-order valence-corrected chi connectivity index (χ4v) is 3.91. The molecule has 212 valence electrons. The van der Waals surface area contributed by atoms with E-state index < -0.39 is 35.6 Å². The summed E-state index contributed by atoms with van der Waals surface area (Å²) in [7, 11) is 0.